The van der Waals surface area contributed by atoms with Crippen LogP contribution in [-0.4, -0.2) is 35.3 Å². The first kappa shape index (κ1) is 28.0. The van der Waals surface area contributed by atoms with E-state index in [1.165, 1.54) is 6.20 Å². The normalized spacial score (nSPS) is 10.5. The average molecular weight is 601 g/mol. The van der Waals surface area contributed by atoms with E-state index in [0.29, 0.717) is 27.4 Å². The fraction of sp³-hybridized carbons (Fsp3) is 0.0400. The number of nitrogens with one attached hydrogen (secondary N) is 2. The monoisotopic (exact) mass is 599 g/mol. The third-order valence-electron chi connectivity index (χ3n) is 4.41. The molecule has 4 aromatic rings. The van der Waals surface area contributed by atoms with Gasteiger partial charge in [-0.05, 0) is 60.7 Å². The lowest BCUT2D eigenvalue weighted by atomic mass is 10.2. The molecule has 9 nitrogen and oxygen atoms in total. The number of hydrogen-bond acceptors (Lipinski definition) is 7. The number of rotatable bonds is 7. The second-order valence-corrected chi connectivity index (χ2v) is 11.3. The van der Waals surface area contributed by atoms with Crippen LogP contribution in [0.5, 0.6) is 0 Å². The number of hydrogen-bond donors (Lipinski definition) is 3. The smallest absolute Gasteiger partial charge is 0.255 e. The van der Waals surface area contributed by atoms with Gasteiger partial charge in [0, 0.05) is 32.9 Å². The molecule has 37 heavy (non-hydrogen) atoms. The van der Waals surface area contributed by atoms with Crippen LogP contribution in [0.2, 0.25) is 0 Å². The molecule has 2 aromatic heterocycles. The Morgan fingerprint density at radius 3 is 1.84 bits per heavy atom. The maximum absolute atomic E-state index is 12.1. The van der Waals surface area contributed by atoms with E-state index >= 15 is 0 Å². The Morgan fingerprint density at radius 2 is 1.35 bits per heavy atom. The molecular formula is C25H22BrN5O4S2. The van der Waals surface area contributed by atoms with Gasteiger partial charge in [-0.15, -0.1) is 11.8 Å². The van der Waals surface area contributed by atoms with E-state index in [1.807, 2.05) is 12.1 Å². The van der Waals surface area contributed by atoms with Crippen LogP contribution in [0, 0.1) is 0 Å². The number of sulfonamides is 1. The molecule has 0 saturated carbocycles. The lowest BCUT2D eigenvalue weighted by Gasteiger charge is -2.06. The highest BCUT2D eigenvalue weighted by Gasteiger charge is 2.09. The van der Waals surface area contributed by atoms with Crippen molar-refractivity contribution >= 4 is 60.9 Å². The van der Waals surface area contributed by atoms with Crippen molar-refractivity contribution in [3.05, 3.63) is 113 Å². The Hall–Kier alpha value is -3.58. The maximum Gasteiger partial charge on any atom is 0.255 e. The first-order chi connectivity index (χ1) is 17.7. The first-order valence-corrected chi connectivity index (χ1v) is 14.1. The summed E-state index contributed by atoms with van der Waals surface area (Å²) >= 11 is 4.38. The maximum atomic E-state index is 12.1. The third kappa shape index (κ3) is 10.1. The molecule has 190 valence electrons. The Balaban J connectivity index is 0.000000213. The van der Waals surface area contributed by atoms with Crippen molar-refractivity contribution in [2.45, 2.75) is 4.90 Å². The standard InChI is InChI=1S/C13H13N3O3S2.C12H9BrN2O/c14-21(18,19)9-20-12-5-1-3-10(7-12)13(17)16-11-4-2-6-15-8-11;13-10-4-1-3-9(7-10)12(16)15-11-5-2-6-14-8-11/h1-8H,9H2,(H,16,17)(H2,14,18,19);1-8H,(H,15,16). The topological polar surface area (TPSA) is 144 Å². The highest BCUT2D eigenvalue weighted by molar-refractivity contribution is 9.10. The molecule has 0 aliphatic heterocycles. The molecule has 2 amide bonds. The molecule has 0 unspecified atom stereocenters. The molecule has 12 heteroatoms. The van der Waals surface area contributed by atoms with Gasteiger partial charge in [0.2, 0.25) is 10.0 Å². The molecule has 0 bridgehead atoms. The van der Waals surface area contributed by atoms with Gasteiger partial charge >= 0.3 is 0 Å². The summed E-state index contributed by atoms with van der Waals surface area (Å²) < 4.78 is 22.8. The zero-order valence-electron chi connectivity index (χ0n) is 19.2. The fourth-order valence-corrected chi connectivity index (χ4v) is 4.77. The third-order valence-corrected chi connectivity index (χ3v) is 7.28. The lowest BCUT2D eigenvalue weighted by molar-refractivity contribution is 0.101. The highest BCUT2D eigenvalue weighted by Crippen LogP contribution is 2.20. The van der Waals surface area contributed by atoms with Crippen molar-refractivity contribution < 1.29 is 18.0 Å². The predicted octanol–water partition coefficient (Wildman–Crippen LogP) is 4.77. The molecule has 0 atom stereocenters. The van der Waals surface area contributed by atoms with Crippen molar-refractivity contribution in [2.24, 2.45) is 5.14 Å². The summed E-state index contributed by atoms with van der Waals surface area (Å²) in [6.07, 6.45) is 6.42. The second-order valence-electron chi connectivity index (χ2n) is 7.35. The number of primary sulfonamides is 1. The van der Waals surface area contributed by atoms with E-state index in [4.69, 9.17) is 5.14 Å². The summed E-state index contributed by atoms with van der Waals surface area (Å²) in [5.41, 5.74) is 2.31. The second kappa shape index (κ2) is 13.7. The van der Waals surface area contributed by atoms with Crippen LogP contribution in [0.15, 0.2) is 107 Å². The molecular weight excluding hydrogens is 578 g/mol. The number of nitrogens with two attached hydrogens (primary N) is 1. The SMILES string of the molecule is NS(=O)(=O)CSc1cccc(C(=O)Nc2cccnc2)c1.O=C(Nc1cccnc1)c1cccc(Br)c1. The Labute approximate surface area is 227 Å². The van der Waals surface area contributed by atoms with Crippen molar-refractivity contribution in [1.29, 1.82) is 0 Å². The molecule has 2 aromatic carbocycles. The highest BCUT2D eigenvalue weighted by atomic mass is 79.9. The van der Waals surface area contributed by atoms with Gasteiger partial charge in [0.15, 0.2) is 0 Å². The molecule has 0 fully saturated rings. The minimum absolute atomic E-state index is 0.144. The van der Waals surface area contributed by atoms with Crippen molar-refractivity contribution in [2.75, 3.05) is 15.7 Å². The van der Waals surface area contributed by atoms with Crippen LogP contribution in [0.25, 0.3) is 0 Å². The van der Waals surface area contributed by atoms with E-state index in [0.717, 1.165) is 16.2 Å². The number of anilines is 2. The minimum atomic E-state index is -3.55. The van der Waals surface area contributed by atoms with E-state index in [1.54, 1.807) is 79.3 Å². The molecule has 0 saturated heterocycles. The minimum Gasteiger partial charge on any atom is -0.321 e. The van der Waals surface area contributed by atoms with Crippen LogP contribution in [0.4, 0.5) is 11.4 Å². The van der Waals surface area contributed by atoms with Crippen LogP contribution >= 0.6 is 27.7 Å². The summed E-state index contributed by atoms with van der Waals surface area (Å²) in [6, 6.07) is 20.9. The van der Waals surface area contributed by atoms with Gasteiger partial charge in [-0.3, -0.25) is 19.6 Å². The molecule has 2 heterocycles. The quantitative estimate of drug-likeness (QED) is 0.259. The molecule has 0 aliphatic carbocycles. The van der Waals surface area contributed by atoms with Crippen LogP contribution < -0.4 is 15.8 Å². The largest absolute Gasteiger partial charge is 0.321 e. The van der Waals surface area contributed by atoms with Gasteiger partial charge < -0.3 is 10.6 Å². The van der Waals surface area contributed by atoms with Gasteiger partial charge in [-0.25, -0.2) is 13.6 Å². The summed E-state index contributed by atoms with van der Waals surface area (Å²) in [7, 11) is -3.55. The lowest BCUT2D eigenvalue weighted by Crippen LogP contribution is -2.14. The van der Waals surface area contributed by atoms with Crippen molar-refractivity contribution in [1.82, 2.24) is 9.97 Å². The number of carbonyl (C=O) groups excluding carboxylic acids is 2. The van der Waals surface area contributed by atoms with Gasteiger partial charge in [0.25, 0.3) is 11.8 Å². The Morgan fingerprint density at radius 1 is 0.811 bits per heavy atom. The van der Waals surface area contributed by atoms with Crippen molar-refractivity contribution in [3.8, 4) is 0 Å². The van der Waals surface area contributed by atoms with Crippen LogP contribution in [0.1, 0.15) is 20.7 Å². The number of pyridine rings is 2. The first-order valence-electron chi connectivity index (χ1n) is 10.6. The number of carbonyl (C=O) groups is 2. The summed E-state index contributed by atoms with van der Waals surface area (Å²) in [5.74, 6) is -0.435. The van der Waals surface area contributed by atoms with Gasteiger partial charge in [-0.2, -0.15) is 0 Å². The van der Waals surface area contributed by atoms with Crippen molar-refractivity contribution in [3.63, 3.8) is 0 Å². The number of amides is 2. The fourth-order valence-electron chi connectivity index (χ4n) is 2.79. The molecule has 4 rings (SSSR count). The molecule has 0 aliphatic rings. The average Bonchev–Trinajstić information content (AvgIpc) is 2.89. The number of nitrogens with zero attached hydrogens (tertiary/aromatic N) is 2. The summed E-state index contributed by atoms with van der Waals surface area (Å²) in [6.45, 7) is 0. The summed E-state index contributed by atoms with van der Waals surface area (Å²) in [4.78, 5) is 32.4. The molecule has 0 spiro atoms. The Kier molecular flexibility index (Phi) is 10.3. The molecule has 4 N–H and O–H groups in total. The zero-order chi connectivity index (χ0) is 26.7. The van der Waals surface area contributed by atoms with Gasteiger partial charge in [-0.1, -0.05) is 28.1 Å². The molecule has 0 radical (unpaired) electrons. The Bertz CT molecular complexity index is 1460. The van der Waals surface area contributed by atoms with E-state index < -0.39 is 10.0 Å². The van der Waals surface area contributed by atoms with E-state index in [-0.39, 0.29) is 16.9 Å². The number of halogens is 1. The van der Waals surface area contributed by atoms with Gasteiger partial charge in [0.1, 0.15) is 5.08 Å². The van der Waals surface area contributed by atoms with E-state index in [2.05, 4.69) is 36.5 Å². The van der Waals surface area contributed by atoms with Gasteiger partial charge in [0.05, 0.1) is 23.8 Å². The van der Waals surface area contributed by atoms with E-state index in [9.17, 15) is 18.0 Å². The number of thioether (sulfide) groups is 1. The van der Waals surface area contributed by atoms with Crippen LogP contribution in [-0.2, 0) is 10.0 Å². The number of benzene rings is 2. The summed E-state index contributed by atoms with van der Waals surface area (Å²) in [5, 5.41) is 10.2. The predicted molar refractivity (Wildman–Crippen MR) is 149 cm³/mol. The number of aromatic nitrogens is 2. The zero-order valence-corrected chi connectivity index (χ0v) is 22.5. The van der Waals surface area contributed by atoms with Crippen LogP contribution in [0.3, 0.4) is 0 Å².